The highest BCUT2D eigenvalue weighted by molar-refractivity contribution is 5.22. The van der Waals surface area contributed by atoms with Crippen molar-refractivity contribution in [3.05, 3.63) is 52.8 Å². The van der Waals surface area contributed by atoms with Gasteiger partial charge in [-0.15, -0.1) is 0 Å². The SMILES string of the molecule is CC(C)(C)c1cnc(-n2ccccc2=O)cn1. The second kappa shape index (κ2) is 4.13. The van der Waals surface area contributed by atoms with E-state index in [0.29, 0.717) is 5.82 Å². The molecule has 0 saturated heterocycles. The van der Waals surface area contributed by atoms with E-state index in [-0.39, 0.29) is 11.0 Å². The molecular weight excluding hydrogens is 214 g/mol. The summed E-state index contributed by atoms with van der Waals surface area (Å²) in [6, 6.07) is 5.00. The Morgan fingerprint density at radius 3 is 2.41 bits per heavy atom. The second-order valence-corrected chi connectivity index (χ2v) is 4.92. The highest BCUT2D eigenvalue weighted by Crippen LogP contribution is 2.18. The standard InChI is InChI=1S/C13H15N3O/c1-13(2,3)10-8-15-11(9-14-10)16-7-5-4-6-12(16)17/h4-9H,1-3H3. The molecule has 0 saturated carbocycles. The van der Waals surface area contributed by atoms with Gasteiger partial charge in [-0.3, -0.25) is 14.3 Å². The summed E-state index contributed by atoms with van der Waals surface area (Å²) in [5.41, 5.74) is 0.767. The molecule has 0 aliphatic rings. The van der Waals surface area contributed by atoms with E-state index >= 15 is 0 Å². The molecule has 0 fully saturated rings. The van der Waals surface area contributed by atoms with Gasteiger partial charge in [-0.1, -0.05) is 26.8 Å². The lowest BCUT2D eigenvalue weighted by Gasteiger charge is -2.17. The molecule has 0 aliphatic carbocycles. The van der Waals surface area contributed by atoms with Crippen LogP contribution in [0.5, 0.6) is 0 Å². The van der Waals surface area contributed by atoms with Gasteiger partial charge in [-0.2, -0.15) is 0 Å². The summed E-state index contributed by atoms with van der Waals surface area (Å²) in [7, 11) is 0. The number of hydrogen-bond donors (Lipinski definition) is 0. The van der Waals surface area contributed by atoms with E-state index in [1.54, 1.807) is 30.7 Å². The van der Waals surface area contributed by atoms with Gasteiger partial charge in [0.1, 0.15) is 0 Å². The van der Waals surface area contributed by atoms with Crippen LogP contribution in [0.15, 0.2) is 41.6 Å². The highest BCUT2D eigenvalue weighted by atomic mass is 16.1. The first-order valence-electron chi connectivity index (χ1n) is 5.49. The van der Waals surface area contributed by atoms with E-state index in [0.717, 1.165) is 5.69 Å². The zero-order chi connectivity index (χ0) is 12.5. The summed E-state index contributed by atoms with van der Waals surface area (Å²) < 4.78 is 1.47. The third-order valence-corrected chi connectivity index (χ3v) is 2.48. The molecule has 0 aromatic carbocycles. The molecule has 4 nitrogen and oxygen atoms in total. The van der Waals surface area contributed by atoms with Crippen molar-refractivity contribution in [3.8, 4) is 5.82 Å². The van der Waals surface area contributed by atoms with Crippen molar-refractivity contribution in [2.75, 3.05) is 0 Å². The van der Waals surface area contributed by atoms with Crippen molar-refractivity contribution in [2.24, 2.45) is 0 Å². The van der Waals surface area contributed by atoms with Crippen LogP contribution in [0.4, 0.5) is 0 Å². The Morgan fingerprint density at radius 2 is 1.88 bits per heavy atom. The number of hydrogen-bond acceptors (Lipinski definition) is 3. The Bertz CT molecular complexity index is 564. The molecule has 0 spiro atoms. The Morgan fingerprint density at radius 1 is 1.12 bits per heavy atom. The first-order chi connectivity index (χ1) is 7.98. The largest absolute Gasteiger partial charge is 0.269 e. The van der Waals surface area contributed by atoms with Crippen molar-refractivity contribution in [2.45, 2.75) is 26.2 Å². The number of pyridine rings is 1. The molecule has 0 atom stereocenters. The predicted molar refractivity (Wildman–Crippen MR) is 66.3 cm³/mol. The fourth-order valence-electron chi connectivity index (χ4n) is 1.45. The van der Waals surface area contributed by atoms with Gasteiger partial charge in [0, 0.05) is 17.7 Å². The molecule has 2 rings (SSSR count). The Kier molecular flexibility index (Phi) is 2.79. The summed E-state index contributed by atoms with van der Waals surface area (Å²) in [6.45, 7) is 6.22. The predicted octanol–water partition coefficient (Wildman–Crippen LogP) is 1.92. The molecule has 0 unspecified atom stereocenters. The molecule has 0 bridgehead atoms. The van der Waals surface area contributed by atoms with Gasteiger partial charge in [0.25, 0.3) is 5.56 Å². The van der Waals surface area contributed by atoms with Crippen LogP contribution in [-0.2, 0) is 5.41 Å². The van der Waals surface area contributed by atoms with Gasteiger partial charge < -0.3 is 0 Å². The fourth-order valence-corrected chi connectivity index (χ4v) is 1.45. The monoisotopic (exact) mass is 229 g/mol. The molecule has 2 heterocycles. The average molecular weight is 229 g/mol. The minimum absolute atomic E-state index is 0.0345. The lowest BCUT2D eigenvalue weighted by molar-refractivity contribution is 0.564. The quantitative estimate of drug-likeness (QED) is 0.750. The zero-order valence-electron chi connectivity index (χ0n) is 10.2. The molecule has 0 N–H and O–H groups in total. The lowest BCUT2D eigenvalue weighted by Crippen LogP contribution is -2.19. The van der Waals surface area contributed by atoms with Gasteiger partial charge in [-0.05, 0) is 6.07 Å². The summed E-state index contributed by atoms with van der Waals surface area (Å²) in [5.74, 6) is 0.545. The molecule has 2 aromatic rings. The van der Waals surface area contributed by atoms with Crippen molar-refractivity contribution < 1.29 is 0 Å². The van der Waals surface area contributed by atoms with E-state index in [1.807, 2.05) is 0 Å². The van der Waals surface area contributed by atoms with Crippen LogP contribution >= 0.6 is 0 Å². The van der Waals surface area contributed by atoms with Crippen LogP contribution < -0.4 is 5.56 Å². The smallest absolute Gasteiger partial charge is 0.256 e. The van der Waals surface area contributed by atoms with Crippen molar-refractivity contribution in [1.29, 1.82) is 0 Å². The molecule has 88 valence electrons. The summed E-state index contributed by atoms with van der Waals surface area (Å²) >= 11 is 0. The van der Waals surface area contributed by atoms with Gasteiger partial charge in [0.05, 0.1) is 18.1 Å². The number of nitrogens with zero attached hydrogens (tertiary/aromatic N) is 3. The third-order valence-electron chi connectivity index (χ3n) is 2.48. The minimum atomic E-state index is -0.106. The average Bonchev–Trinajstić information content (AvgIpc) is 2.29. The maximum atomic E-state index is 11.6. The topological polar surface area (TPSA) is 47.8 Å². The Hall–Kier alpha value is -1.97. The maximum Gasteiger partial charge on any atom is 0.256 e. The van der Waals surface area contributed by atoms with Crippen LogP contribution in [0.1, 0.15) is 26.5 Å². The molecule has 2 aromatic heterocycles. The van der Waals surface area contributed by atoms with E-state index in [1.165, 1.54) is 10.6 Å². The Labute approximate surface area is 100.0 Å². The van der Waals surface area contributed by atoms with Crippen LogP contribution in [0.2, 0.25) is 0 Å². The second-order valence-electron chi connectivity index (χ2n) is 4.92. The molecule has 4 heteroatoms. The lowest BCUT2D eigenvalue weighted by atomic mass is 9.93. The van der Waals surface area contributed by atoms with Crippen molar-refractivity contribution in [1.82, 2.24) is 14.5 Å². The van der Waals surface area contributed by atoms with Crippen LogP contribution in [0, 0.1) is 0 Å². The minimum Gasteiger partial charge on any atom is -0.269 e. The molecule has 17 heavy (non-hydrogen) atoms. The summed E-state index contributed by atoms with van der Waals surface area (Å²) in [4.78, 5) is 20.2. The van der Waals surface area contributed by atoms with Crippen LogP contribution in [0.3, 0.4) is 0 Å². The van der Waals surface area contributed by atoms with E-state index in [2.05, 4.69) is 30.7 Å². The molecular formula is C13H15N3O. The normalized spacial score (nSPS) is 11.5. The van der Waals surface area contributed by atoms with Gasteiger partial charge in [0.2, 0.25) is 0 Å². The number of rotatable bonds is 1. The highest BCUT2D eigenvalue weighted by Gasteiger charge is 2.15. The summed E-state index contributed by atoms with van der Waals surface area (Å²) in [5, 5.41) is 0. The van der Waals surface area contributed by atoms with E-state index in [9.17, 15) is 4.79 Å². The first-order valence-corrected chi connectivity index (χ1v) is 5.49. The van der Waals surface area contributed by atoms with Crippen molar-refractivity contribution >= 4 is 0 Å². The van der Waals surface area contributed by atoms with Gasteiger partial charge in [-0.25, -0.2) is 4.98 Å². The number of aromatic nitrogens is 3. The van der Waals surface area contributed by atoms with E-state index < -0.39 is 0 Å². The van der Waals surface area contributed by atoms with Crippen molar-refractivity contribution in [3.63, 3.8) is 0 Å². The first kappa shape index (κ1) is 11.5. The third kappa shape index (κ3) is 2.41. The zero-order valence-corrected chi connectivity index (χ0v) is 10.2. The molecule has 0 aliphatic heterocycles. The molecule has 0 amide bonds. The van der Waals surface area contributed by atoms with E-state index in [4.69, 9.17) is 0 Å². The Balaban J connectivity index is 2.44. The van der Waals surface area contributed by atoms with Gasteiger partial charge in [0.15, 0.2) is 5.82 Å². The van der Waals surface area contributed by atoms with Gasteiger partial charge >= 0.3 is 0 Å². The fraction of sp³-hybridized carbons (Fsp3) is 0.308. The maximum absolute atomic E-state index is 11.6. The summed E-state index contributed by atoms with van der Waals surface area (Å²) in [6.07, 6.45) is 5.03. The molecule has 0 radical (unpaired) electrons. The van der Waals surface area contributed by atoms with Crippen LogP contribution in [-0.4, -0.2) is 14.5 Å². The van der Waals surface area contributed by atoms with Crippen LogP contribution in [0.25, 0.3) is 5.82 Å².